The van der Waals surface area contributed by atoms with Crippen molar-refractivity contribution in [2.24, 2.45) is 5.73 Å². The van der Waals surface area contributed by atoms with E-state index in [4.69, 9.17) is 27.5 Å². The quantitative estimate of drug-likeness (QED) is 0.657. The molecule has 0 radical (unpaired) electrons. The van der Waals surface area contributed by atoms with Crippen LogP contribution in [0.15, 0.2) is 18.2 Å². The van der Waals surface area contributed by atoms with E-state index in [1.54, 1.807) is 6.07 Å². The first-order valence-corrected chi connectivity index (χ1v) is 6.94. The highest BCUT2D eigenvalue weighted by Gasteiger charge is 2.19. The minimum Gasteiger partial charge on any atom is -0.384 e. The smallest absolute Gasteiger partial charge is 0.122 e. The molecule has 1 aliphatic rings. The number of nitrogens with zero attached hydrogens (tertiary/aromatic N) is 1. The Morgan fingerprint density at radius 3 is 3.00 bits per heavy atom. The van der Waals surface area contributed by atoms with Gasteiger partial charge in [-0.15, -0.1) is 0 Å². The van der Waals surface area contributed by atoms with Gasteiger partial charge in [-0.05, 0) is 18.1 Å². The third-order valence-electron chi connectivity index (χ3n) is 3.44. The van der Waals surface area contributed by atoms with Crippen LogP contribution in [0.2, 0.25) is 5.02 Å². The van der Waals surface area contributed by atoms with Gasteiger partial charge in [0.05, 0.1) is 12.7 Å². The average Bonchev–Trinajstić information content (AvgIpc) is 2.41. The number of morpholine rings is 1. The van der Waals surface area contributed by atoms with E-state index in [2.05, 4.69) is 11.8 Å². The van der Waals surface area contributed by atoms with Crippen LogP contribution in [-0.2, 0) is 11.3 Å². The fraction of sp³-hybridized carbons (Fsp3) is 0.500. The summed E-state index contributed by atoms with van der Waals surface area (Å²) in [5, 5.41) is 8.07. The van der Waals surface area contributed by atoms with Crippen LogP contribution in [0.25, 0.3) is 0 Å². The van der Waals surface area contributed by atoms with Crippen molar-refractivity contribution in [3.63, 3.8) is 0 Å². The fourth-order valence-electron chi connectivity index (χ4n) is 2.25. The number of nitrogens with one attached hydrogen (secondary N) is 1. The van der Waals surface area contributed by atoms with Crippen LogP contribution in [0.4, 0.5) is 0 Å². The summed E-state index contributed by atoms with van der Waals surface area (Å²) < 4.78 is 5.66. The number of rotatable bonds is 4. The number of ether oxygens (including phenoxy) is 1. The monoisotopic (exact) mass is 281 g/mol. The summed E-state index contributed by atoms with van der Waals surface area (Å²) in [4.78, 5) is 2.35. The molecule has 4 nitrogen and oxygen atoms in total. The van der Waals surface area contributed by atoms with Crippen molar-refractivity contribution in [2.45, 2.75) is 26.0 Å². The molecule has 1 fully saturated rings. The zero-order valence-corrected chi connectivity index (χ0v) is 11.9. The molecule has 1 saturated heterocycles. The Kier molecular flexibility index (Phi) is 4.80. The Morgan fingerprint density at radius 2 is 2.37 bits per heavy atom. The lowest BCUT2D eigenvalue weighted by Gasteiger charge is -2.32. The van der Waals surface area contributed by atoms with Gasteiger partial charge in [0.25, 0.3) is 0 Å². The lowest BCUT2D eigenvalue weighted by Crippen LogP contribution is -2.41. The van der Waals surface area contributed by atoms with E-state index in [0.29, 0.717) is 16.7 Å². The third kappa shape index (κ3) is 3.69. The van der Waals surface area contributed by atoms with Gasteiger partial charge in [-0.3, -0.25) is 10.3 Å². The highest BCUT2D eigenvalue weighted by atomic mass is 35.5. The van der Waals surface area contributed by atoms with Gasteiger partial charge in [0.15, 0.2) is 0 Å². The SMILES string of the molecule is CCC1CN(Cc2ccc(C(=N)N)cc2Cl)CCO1. The zero-order chi connectivity index (χ0) is 13.8. The number of nitrogens with two attached hydrogens (primary N) is 1. The van der Waals surface area contributed by atoms with Gasteiger partial charge >= 0.3 is 0 Å². The number of halogens is 1. The van der Waals surface area contributed by atoms with Crippen molar-refractivity contribution in [1.29, 1.82) is 5.41 Å². The van der Waals surface area contributed by atoms with Crippen LogP contribution >= 0.6 is 11.6 Å². The van der Waals surface area contributed by atoms with Gasteiger partial charge in [-0.2, -0.15) is 0 Å². The summed E-state index contributed by atoms with van der Waals surface area (Å²) in [6.45, 7) is 5.61. The number of amidine groups is 1. The molecule has 1 unspecified atom stereocenters. The molecule has 1 aliphatic heterocycles. The lowest BCUT2D eigenvalue weighted by atomic mass is 10.1. The Hall–Kier alpha value is -1.10. The normalized spacial score (nSPS) is 20.4. The summed E-state index contributed by atoms with van der Waals surface area (Å²) in [6, 6.07) is 5.56. The number of hydrogen-bond acceptors (Lipinski definition) is 3. The van der Waals surface area contributed by atoms with Gasteiger partial charge in [0.2, 0.25) is 0 Å². The van der Waals surface area contributed by atoms with Crippen molar-refractivity contribution in [1.82, 2.24) is 4.90 Å². The maximum atomic E-state index is 7.40. The predicted octanol–water partition coefficient (Wildman–Crippen LogP) is 2.23. The van der Waals surface area contributed by atoms with Gasteiger partial charge in [0, 0.05) is 30.2 Å². The van der Waals surface area contributed by atoms with Crippen LogP contribution in [-0.4, -0.2) is 36.5 Å². The molecule has 19 heavy (non-hydrogen) atoms. The topological polar surface area (TPSA) is 62.3 Å². The van der Waals surface area contributed by atoms with Crippen molar-refractivity contribution in [3.8, 4) is 0 Å². The summed E-state index contributed by atoms with van der Waals surface area (Å²) in [5.74, 6) is 0.0471. The minimum atomic E-state index is 0.0471. The molecule has 1 atom stereocenters. The molecule has 1 aromatic rings. The van der Waals surface area contributed by atoms with E-state index in [9.17, 15) is 0 Å². The Morgan fingerprint density at radius 1 is 1.58 bits per heavy atom. The van der Waals surface area contributed by atoms with Crippen molar-refractivity contribution < 1.29 is 4.74 Å². The maximum Gasteiger partial charge on any atom is 0.122 e. The van der Waals surface area contributed by atoms with Gasteiger partial charge in [0.1, 0.15) is 5.84 Å². The molecule has 0 bridgehead atoms. The third-order valence-corrected chi connectivity index (χ3v) is 3.79. The highest BCUT2D eigenvalue weighted by molar-refractivity contribution is 6.31. The van der Waals surface area contributed by atoms with Crippen LogP contribution in [0.1, 0.15) is 24.5 Å². The van der Waals surface area contributed by atoms with E-state index >= 15 is 0 Å². The zero-order valence-electron chi connectivity index (χ0n) is 11.2. The second-order valence-electron chi connectivity index (χ2n) is 4.86. The predicted molar refractivity (Wildman–Crippen MR) is 77.8 cm³/mol. The Bertz CT molecular complexity index is 464. The minimum absolute atomic E-state index is 0.0471. The molecule has 104 valence electrons. The van der Waals surface area contributed by atoms with E-state index in [1.165, 1.54) is 0 Å². The molecule has 0 spiro atoms. The molecule has 0 amide bonds. The highest BCUT2D eigenvalue weighted by Crippen LogP contribution is 2.21. The summed E-state index contributed by atoms with van der Waals surface area (Å²) in [5.41, 5.74) is 7.19. The molecule has 2 rings (SSSR count). The second-order valence-corrected chi connectivity index (χ2v) is 5.26. The van der Waals surface area contributed by atoms with Crippen LogP contribution in [0.5, 0.6) is 0 Å². The van der Waals surface area contributed by atoms with Gasteiger partial charge < -0.3 is 10.5 Å². The van der Waals surface area contributed by atoms with E-state index in [-0.39, 0.29) is 5.84 Å². The lowest BCUT2D eigenvalue weighted by molar-refractivity contribution is -0.0324. The van der Waals surface area contributed by atoms with Gasteiger partial charge in [-0.1, -0.05) is 30.7 Å². The molecule has 3 N–H and O–H groups in total. The molecular formula is C14H20ClN3O. The number of nitrogen functional groups attached to an aromatic ring is 1. The van der Waals surface area contributed by atoms with E-state index in [1.807, 2.05) is 12.1 Å². The molecule has 1 heterocycles. The standard InChI is InChI=1S/C14H20ClN3O/c1-2-12-9-18(5-6-19-12)8-11-4-3-10(14(16)17)7-13(11)15/h3-4,7,12H,2,5-6,8-9H2,1H3,(H3,16,17). The molecule has 0 saturated carbocycles. The number of hydrogen-bond donors (Lipinski definition) is 2. The first-order valence-electron chi connectivity index (χ1n) is 6.57. The van der Waals surface area contributed by atoms with Crippen molar-refractivity contribution >= 4 is 17.4 Å². The second kappa shape index (κ2) is 6.37. The summed E-state index contributed by atoms with van der Waals surface area (Å²) in [7, 11) is 0. The largest absolute Gasteiger partial charge is 0.384 e. The van der Waals surface area contributed by atoms with E-state index in [0.717, 1.165) is 38.2 Å². The molecule has 0 aromatic heterocycles. The van der Waals surface area contributed by atoms with Crippen molar-refractivity contribution in [2.75, 3.05) is 19.7 Å². The molecule has 1 aromatic carbocycles. The summed E-state index contributed by atoms with van der Waals surface area (Å²) in [6.07, 6.45) is 1.36. The van der Waals surface area contributed by atoms with Crippen molar-refractivity contribution in [3.05, 3.63) is 34.3 Å². The van der Waals surface area contributed by atoms with Crippen LogP contribution in [0.3, 0.4) is 0 Å². The molecule has 5 heteroatoms. The first-order chi connectivity index (χ1) is 9.10. The maximum absolute atomic E-state index is 7.40. The molecular weight excluding hydrogens is 262 g/mol. The van der Waals surface area contributed by atoms with Crippen LogP contribution < -0.4 is 5.73 Å². The van der Waals surface area contributed by atoms with Crippen LogP contribution in [0, 0.1) is 5.41 Å². The summed E-state index contributed by atoms with van der Waals surface area (Å²) >= 11 is 6.25. The number of benzene rings is 1. The van der Waals surface area contributed by atoms with E-state index < -0.39 is 0 Å². The Balaban J connectivity index is 2.04. The fourth-order valence-corrected chi connectivity index (χ4v) is 2.50. The Labute approximate surface area is 119 Å². The first kappa shape index (κ1) is 14.3. The average molecular weight is 282 g/mol. The van der Waals surface area contributed by atoms with Gasteiger partial charge in [-0.25, -0.2) is 0 Å². The molecule has 0 aliphatic carbocycles.